The molecule has 3 nitrogen and oxygen atoms in total. The first kappa shape index (κ1) is 11.1. The molecule has 1 fully saturated rings. The van der Waals surface area contributed by atoms with Gasteiger partial charge in [-0.2, -0.15) is 5.26 Å². The minimum Gasteiger partial charge on any atom is -0.312 e. The van der Waals surface area contributed by atoms with E-state index in [-0.39, 0.29) is 0 Å². The lowest BCUT2D eigenvalue weighted by Gasteiger charge is -2.13. The molecule has 0 spiro atoms. The van der Waals surface area contributed by atoms with E-state index in [2.05, 4.69) is 23.3 Å². The molecule has 0 aromatic carbocycles. The van der Waals surface area contributed by atoms with Gasteiger partial charge in [0, 0.05) is 24.8 Å². The molecule has 0 saturated heterocycles. The number of rotatable bonds is 5. The van der Waals surface area contributed by atoms with Gasteiger partial charge in [-0.3, -0.25) is 0 Å². The van der Waals surface area contributed by atoms with E-state index in [1.165, 1.54) is 19.3 Å². The number of hydrogen-bond donors (Lipinski definition) is 1. The summed E-state index contributed by atoms with van der Waals surface area (Å²) in [5, 5.41) is 12.3. The van der Waals surface area contributed by atoms with E-state index in [0.717, 1.165) is 18.7 Å². The Bertz CT molecular complexity index is 402. The molecule has 0 radical (unpaired) electrons. The van der Waals surface area contributed by atoms with Crippen molar-refractivity contribution in [3.63, 3.8) is 0 Å². The van der Waals surface area contributed by atoms with Gasteiger partial charge in [-0.1, -0.05) is 13.0 Å². The quantitative estimate of drug-likeness (QED) is 0.819. The van der Waals surface area contributed by atoms with Crippen LogP contribution in [0.3, 0.4) is 0 Å². The smallest absolute Gasteiger partial charge is 0.144 e. The Morgan fingerprint density at radius 1 is 1.56 bits per heavy atom. The van der Waals surface area contributed by atoms with Crippen LogP contribution in [-0.4, -0.2) is 11.5 Å². The van der Waals surface area contributed by atoms with Crippen molar-refractivity contribution in [3.8, 4) is 6.07 Å². The van der Waals surface area contributed by atoms with Gasteiger partial charge in [0.15, 0.2) is 0 Å². The third-order valence-electron chi connectivity index (χ3n) is 3.52. The van der Waals surface area contributed by atoms with Gasteiger partial charge in [0.1, 0.15) is 11.8 Å². The minimum atomic E-state index is 0.538. The summed E-state index contributed by atoms with van der Waals surface area (Å²) in [6.07, 6.45) is 5.60. The first-order chi connectivity index (χ1) is 7.79. The molecular weight excluding hydrogens is 198 g/mol. The van der Waals surface area contributed by atoms with Crippen molar-refractivity contribution in [2.75, 3.05) is 6.54 Å². The molecule has 0 unspecified atom stereocenters. The second-order valence-corrected chi connectivity index (χ2v) is 4.58. The van der Waals surface area contributed by atoms with E-state index in [0.29, 0.717) is 11.1 Å². The molecular formula is C13H17N3. The lowest BCUT2D eigenvalue weighted by Crippen LogP contribution is -2.23. The van der Waals surface area contributed by atoms with Crippen LogP contribution in [0.2, 0.25) is 0 Å². The van der Waals surface area contributed by atoms with Crippen molar-refractivity contribution in [1.29, 1.82) is 5.26 Å². The minimum absolute atomic E-state index is 0.538. The number of hydrogen-bond acceptors (Lipinski definition) is 3. The van der Waals surface area contributed by atoms with E-state index in [1.54, 1.807) is 6.20 Å². The molecule has 2 rings (SSSR count). The van der Waals surface area contributed by atoms with Gasteiger partial charge in [-0.25, -0.2) is 4.98 Å². The van der Waals surface area contributed by atoms with Crippen molar-refractivity contribution in [2.24, 2.45) is 5.41 Å². The Morgan fingerprint density at radius 3 is 3.00 bits per heavy atom. The molecule has 0 bridgehead atoms. The third-order valence-corrected chi connectivity index (χ3v) is 3.52. The fourth-order valence-electron chi connectivity index (χ4n) is 1.98. The molecule has 16 heavy (non-hydrogen) atoms. The number of aromatic nitrogens is 1. The highest BCUT2D eigenvalue weighted by atomic mass is 14.9. The molecule has 0 atom stereocenters. The van der Waals surface area contributed by atoms with Crippen LogP contribution in [0, 0.1) is 16.7 Å². The summed E-state index contributed by atoms with van der Waals surface area (Å²) in [7, 11) is 0. The molecule has 1 aromatic rings. The van der Waals surface area contributed by atoms with Crippen molar-refractivity contribution in [2.45, 2.75) is 32.7 Å². The zero-order valence-corrected chi connectivity index (χ0v) is 9.66. The first-order valence-corrected chi connectivity index (χ1v) is 5.84. The van der Waals surface area contributed by atoms with E-state index < -0.39 is 0 Å². The van der Waals surface area contributed by atoms with Gasteiger partial charge < -0.3 is 5.32 Å². The van der Waals surface area contributed by atoms with Crippen LogP contribution in [-0.2, 0) is 6.54 Å². The average Bonchev–Trinajstić information content (AvgIpc) is 3.10. The normalized spacial score (nSPS) is 16.8. The van der Waals surface area contributed by atoms with Crippen LogP contribution in [0.15, 0.2) is 18.3 Å². The summed E-state index contributed by atoms with van der Waals surface area (Å²) in [6, 6.07) is 5.96. The Morgan fingerprint density at radius 2 is 2.38 bits per heavy atom. The van der Waals surface area contributed by atoms with Gasteiger partial charge in [-0.15, -0.1) is 0 Å². The zero-order chi connectivity index (χ0) is 11.4. The second kappa shape index (κ2) is 4.63. The van der Waals surface area contributed by atoms with Crippen molar-refractivity contribution >= 4 is 0 Å². The third kappa shape index (κ3) is 2.40. The zero-order valence-electron chi connectivity index (χ0n) is 9.66. The highest BCUT2D eigenvalue weighted by Crippen LogP contribution is 2.47. The van der Waals surface area contributed by atoms with Gasteiger partial charge in [-0.05, 0) is 30.7 Å². The second-order valence-electron chi connectivity index (χ2n) is 4.58. The summed E-state index contributed by atoms with van der Waals surface area (Å²) in [6.45, 7) is 4.06. The molecule has 1 N–H and O–H groups in total. The van der Waals surface area contributed by atoms with E-state index >= 15 is 0 Å². The predicted octanol–water partition coefficient (Wildman–Crippen LogP) is 2.23. The van der Waals surface area contributed by atoms with E-state index in [9.17, 15) is 0 Å². The molecule has 84 valence electrons. The SMILES string of the molecule is CCC1(CNCc2cccnc2C#N)CC1. The van der Waals surface area contributed by atoms with Crippen LogP contribution in [0.1, 0.15) is 37.4 Å². The van der Waals surface area contributed by atoms with Crippen LogP contribution in [0.25, 0.3) is 0 Å². The number of nitrogens with one attached hydrogen (secondary N) is 1. The van der Waals surface area contributed by atoms with E-state index in [4.69, 9.17) is 5.26 Å². The Hall–Kier alpha value is -1.40. The van der Waals surface area contributed by atoms with Crippen molar-refractivity contribution < 1.29 is 0 Å². The standard InChI is InChI=1S/C13H17N3/c1-2-13(5-6-13)10-15-9-11-4-3-7-16-12(11)8-14/h3-4,7,15H,2,5-6,9-10H2,1H3. The van der Waals surface area contributed by atoms with Crippen LogP contribution < -0.4 is 5.32 Å². The van der Waals surface area contributed by atoms with Gasteiger partial charge in [0.05, 0.1) is 0 Å². The molecule has 0 amide bonds. The number of pyridine rings is 1. The average molecular weight is 215 g/mol. The lowest BCUT2D eigenvalue weighted by atomic mass is 10.0. The van der Waals surface area contributed by atoms with Crippen LogP contribution in [0.4, 0.5) is 0 Å². The molecule has 1 heterocycles. The van der Waals surface area contributed by atoms with Gasteiger partial charge >= 0.3 is 0 Å². The predicted molar refractivity (Wildman–Crippen MR) is 62.6 cm³/mol. The lowest BCUT2D eigenvalue weighted by molar-refractivity contribution is 0.443. The summed E-state index contributed by atoms with van der Waals surface area (Å²) < 4.78 is 0. The van der Waals surface area contributed by atoms with Crippen molar-refractivity contribution in [3.05, 3.63) is 29.6 Å². The Labute approximate surface area is 96.5 Å². The van der Waals surface area contributed by atoms with Crippen molar-refractivity contribution in [1.82, 2.24) is 10.3 Å². The monoisotopic (exact) mass is 215 g/mol. The summed E-state index contributed by atoms with van der Waals surface area (Å²) in [5.41, 5.74) is 2.09. The molecule has 0 aliphatic heterocycles. The van der Waals surface area contributed by atoms with Gasteiger partial charge in [0.25, 0.3) is 0 Å². The number of nitriles is 1. The fourth-order valence-corrected chi connectivity index (χ4v) is 1.98. The highest BCUT2D eigenvalue weighted by Gasteiger charge is 2.39. The van der Waals surface area contributed by atoms with E-state index in [1.807, 2.05) is 12.1 Å². The highest BCUT2D eigenvalue weighted by molar-refractivity contribution is 5.30. The maximum absolute atomic E-state index is 8.90. The molecule has 3 heteroatoms. The summed E-state index contributed by atoms with van der Waals surface area (Å²) in [4.78, 5) is 4.05. The first-order valence-electron chi connectivity index (χ1n) is 5.84. The largest absolute Gasteiger partial charge is 0.312 e. The molecule has 1 saturated carbocycles. The number of nitrogens with zero attached hydrogens (tertiary/aromatic N) is 2. The Kier molecular flexibility index (Phi) is 3.21. The summed E-state index contributed by atoms with van der Waals surface area (Å²) in [5.74, 6) is 0. The van der Waals surface area contributed by atoms with Crippen LogP contribution in [0.5, 0.6) is 0 Å². The molecule has 1 aliphatic carbocycles. The van der Waals surface area contributed by atoms with Gasteiger partial charge in [0.2, 0.25) is 0 Å². The Balaban J connectivity index is 1.88. The maximum atomic E-state index is 8.90. The molecule has 1 aromatic heterocycles. The topological polar surface area (TPSA) is 48.7 Å². The molecule has 1 aliphatic rings. The maximum Gasteiger partial charge on any atom is 0.144 e. The summed E-state index contributed by atoms with van der Waals surface area (Å²) >= 11 is 0. The fraction of sp³-hybridized carbons (Fsp3) is 0.538. The van der Waals surface area contributed by atoms with Crippen LogP contribution >= 0.6 is 0 Å².